The summed E-state index contributed by atoms with van der Waals surface area (Å²) in [6, 6.07) is 0. The fourth-order valence-corrected chi connectivity index (χ4v) is 1.70. The summed E-state index contributed by atoms with van der Waals surface area (Å²) in [5.74, 6) is 0. The molecule has 16 heavy (non-hydrogen) atoms. The first-order chi connectivity index (χ1) is 7.91. The molecule has 1 nitrogen and oxygen atoms in total. The fraction of sp³-hybridized carbons (Fsp3) is 0.733. The summed E-state index contributed by atoms with van der Waals surface area (Å²) < 4.78 is 0. The molecular weight excluding hydrogens is 196 g/mol. The van der Waals surface area contributed by atoms with Crippen molar-refractivity contribution in [1.82, 2.24) is 0 Å². The van der Waals surface area contributed by atoms with Crippen LogP contribution in [0.3, 0.4) is 0 Å². The molecule has 0 bridgehead atoms. The van der Waals surface area contributed by atoms with Crippen molar-refractivity contribution in [2.45, 2.75) is 64.2 Å². The minimum absolute atomic E-state index is 0.315. The van der Waals surface area contributed by atoms with Crippen molar-refractivity contribution in [2.75, 3.05) is 6.61 Å². The maximum Gasteiger partial charge on any atom is 0.0433 e. The Labute approximate surface area is 101 Å². The van der Waals surface area contributed by atoms with Gasteiger partial charge in [-0.05, 0) is 38.5 Å². The topological polar surface area (TPSA) is 20.2 Å². The lowest BCUT2D eigenvalue weighted by Crippen LogP contribution is -1.80. The smallest absolute Gasteiger partial charge is 0.0433 e. The first kappa shape index (κ1) is 15.4. The number of aliphatic hydroxyl groups excluding tert-OH is 1. The Morgan fingerprint density at radius 3 is 1.75 bits per heavy atom. The van der Waals surface area contributed by atoms with Crippen LogP contribution in [0.4, 0.5) is 0 Å². The summed E-state index contributed by atoms with van der Waals surface area (Å²) >= 11 is 0. The van der Waals surface area contributed by atoms with Crippen molar-refractivity contribution in [3.8, 4) is 0 Å². The molecule has 0 amide bonds. The SMILES string of the molecule is C=CCCCCCCCC/C=C/CCCO. The maximum absolute atomic E-state index is 8.59. The average Bonchev–Trinajstić information content (AvgIpc) is 2.31. The molecule has 0 unspecified atom stereocenters. The molecule has 0 spiro atoms. The van der Waals surface area contributed by atoms with Gasteiger partial charge in [0.05, 0.1) is 0 Å². The third kappa shape index (κ3) is 13.4. The molecule has 0 aromatic rings. The Morgan fingerprint density at radius 2 is 1.19 bits per heavy atom. The third-order valence-corrected chi connectivity index (χ3v) is 2.72. The Bertz CT molecular complexity index is 161. The monoisotopic (exact) mass is 224 g/mol. The number of rotatable bonds is 12. The van der Waals surface area contributed by atoms with Gasteiger partial charge in [-0.25, -0.2) is 0 Å². The van der Waals surface area contributed by atoms with Crippen molar-refractivity contribution < 1.29 is 5.11 Å². The van der Waals surface area contributed by atoms with Gasteiger partial charge in [-0.1, -0.05) is 43.9 Å². The van der Waals surface area contributed by atoms with Crippen LogP contribution in [-0.2, 0) is 0 Å². The van der Waals surface area contributed by atoms with Gasteiger partial charge in [-0.2, -0.15) is 0 Å². The quantitative estimate of drug-likeness (QED) is 0.379. The predicted molar refractivity (Wildman–Crippen MR) is 72.6 cm³/mol. The van der Waals surface area contributed by atoms with Crippen LogP contribution in [0.15, 0.2) is 24.8 Å². The molecule has 0 atom stereocenters. The normalized spacial score (nSPS) is 11.1. The van der Waals surface area contributed by atoms with Crippen molar-refractivity contribution in [2.24, 2.45) is 0 Å². The van der Waals surface area contributed by atoms with Crippen molar-refractivity contribution >= 4 is 0 Å². The zero-order valence-corrected chi connectivity index (χ0v) is 10.7. The first-order valence-electron chi connectivity index (χ1n) is 6.78. The minimum atomic E-state index is 0.315. The fourth-order valence-electron chi connectivity index (χ4n) is 1.70. The second-order valence-electron chi connectivity index (χ2n) is 4.32. The Kier molecular flexibility index (Phi) is 13.9. The van der Waals surface area contributed by atoms with Crippen LogP contribution in [0.1, 0.15) is 64.2 Å². The van der Waals surface area contributed by atoms with E-state index in [0.29, 0.717) is 6.61 Å². The highest BCUT2D eigenvalue weighted by Crippen LogP contribution is 2.09. The van der Waals surface area contributed by atoms with Crippen LogP contribution in [0, 0.1) is 0 Å². The molecule has 0 saturated carbocycles. The van der Waals surface area contributed by atoms with Gasteiger partial charge in [0.1, 0.15) is 0 Å². The Balaban J connectivity index is 2.98. The molecule has 0 heterocycles. The summed E-state index contributed by atoms with van der Waals surface area (Å²) in [6.07, 6.45) is 18.9. The van der Waals surface area contributed by atoms with Gasteiger partial charge in [0.25, 0.3) is 0 Å². The predicted octanol–water partition coefficient (Wildman–Crippen LogP) is 4.62. The molecule has 1 N–H and O–H groups in total. The highest BCUT2D eigenvalue weighted by atomic mass is 16.2. The van der Waals surface area contributed by atoms with Crippen LogP contribution in [0.2, 0.25) is 0 Å². The Hall–Kier alpha value is -0.560. The van der Waals surface area contributed by atoms with Gasteiger partial charge in [0, 0.05) is 6.61 Å². The lowest BCUT2D eigenvalue weighted by atomic mass is 10.1. The van der Waals surface area contributed by atoms with E-state index < -0.39 is 0 Å². The van der Waals surface area contributed by atoms with Gasteiger partial charge in [-0.3, -0.25) is 0 Å². The highest BCUT2D eigenvalue weighted by Gasteiger charge is 1.89. The summed E-state index contributed by atoms with van der Waals surface area (Å²) in [4.78, 5) is 0. The van der Waals surface area contributed by atoms with Crippen LogP contribution < -0.4 is 0 Å². The second kappa shape index (κ2) is 14.4. The lowest BCUT2D eigenvalue weighted by molar-refractivity contribution is 0.289. The van der Waals surface area contributed by atoms with Gasteiger partial charge in [0.2, 0.25) is 0 Å². The summed E-state index contributed by atoms with van der Waals surface area (Å²) in [7, 11) is 0. The standard InChI is InChI=1S/C15H28O/c1-2-3-4-5-6-7-8-9-10-11-12-13-14-15-16/h2,11-12,16H,1,3-10,13-15H2/b12-11+. The molecular formula is C15H28O. The van der Waals surface area contributed by atoms with Gasteiger partial charge >= 0.3 is 0 Å². The Morgan fingerprint density at radius 1 is 0.688 bits per heavy atom. The van der Waals surface area contributed by atoms with Crippen LogP contribution >= 0.6 is 0 Å². The zero-order chi connectivity index (χ0) is 11.9. The van der Waals surface area contributed by atoms with Gasteiger partial charge in [-0.15, -0.1) is 6.58 Å². The van der Waals surface area contributed by atoms with Crippen LogP contribution in [0.25, 0.3) is 0 Å². The molecule has 0 rings (SSSR count). The van der Waals surface area contributed by atoms with Crippen molar-refractivity contribution in [3.05, 3.63) is 24.8 Å². The molecule has 0 aliphatic rings. The minimum Gasteiger partial charge on any atom is -0.396 e. The molecule has 0 aliphatic heterocycles. The number of aliphatic hydroxyl groups is 1. The van der Waals surface area contributed by atoms with Gasteiger partial charge in [0.15, 0.2) is 0 Å². The molecule has 1 heteroatoms. The van der Waals surface area contributed by atoms with Crippen LogP contribution in [-0.4, -0.2) is 11.7 Å². The molecule has 0 aliphatic carbocycles. The molecule has 0 fully saturated rings. The molecule has 0 aromatic carbocycles. The molecule has 0 radical (unpaired) electrons. The van der Waals surface area contributed by atoms with E-state index in [-0.39, 0.29) is 0 Å². The number of hydrogen-bond donors (Lipinski definition) is 1. The lowest BCUT2D eigenvalue weighted by Gasteiger charge is -1.99. The highest BCUT2D eigenvalue weighted by molar-refractivity contribution is 4.81. The summed E-state index contributed by atoms with van der Waals surface area (Å²) in [5.41, 5.74) is 0. The summed E-state index contributed by atoms with van der Waals surface area (Å²) in [6.45, 7) is 4.04. The molecule has 0 saturated heterocycles. The first-order valence-corrected chi connectivity index (χ1v) is 6.78. The van der Waals surface area contributed by atoms with Gasteiger partial charge < -0.3 is 5.11 Å². The molecule has 0 aromatic heterocycles. The number of hydrogen-bond acceptors (Lipinski definition) is 1. The van der Waals surface area contributed by atoms with E-state index in [1.807, 2.05) is 6.08 Å². The number of allylic oxidation sites excluding steroid dienone is 3. The average molecular weight is 224 g/mol. The zero-order valence-electron chi connectivity index (χ0n) is 10.7. The van der Waals surface area contributed by atoms with Crippen molar-refractivity contribution in [3.63, 3.8) is 0 Å². The maximum atomic E-state index is 8.59. The third-order valence-electron chi connectivity index (χ3n) is 2.72. The van der Waals surface area contributed by atoms with Crippen LogP contribution in [0.5, 0.6) is 0 Å². The van der Waals surface area contributed by atoms with E-state index >= 15 is 0 Å². The van der Waals surface area contributed by atoms with Crippen molar-refractivity contribution in [1.29, 1.82) is 0 Å². The van der Waals surface area contributed by atoms with E-state index in [9.17, 15) is 0 Å². The van der Waals surface area contributed by atoms with E-state index in [1.54, 1.807) is 0 Å². The largest absolute Gasteiger partial charge is 0.396 e. The number of unbranched alkanes of at least 4 members (excludes halogenated alkanes) is 8. The van der Waals surface area contributed by atoms with E-state index in [0.717, 1.165) is 12.8 Å². The summed E-state index contributed by atoms with van der Waals surface area (Å²) in [5, 5.41) is 8.59. The van der Waals surface area contributed by atoms with E-state index in [2.05, 4.69) is 18.7 Å². The van der Waals surface area contributed by atoms with E-state index in [4.69, 9.17) is 5.11 Å². The second-order valence-corrected chi connectivity index (χ2v) is 4.32. The molecule has 94 valence electrons. The van der Waals surface area contributed by atoms with E-state index in [1.165, 1.54) is 51.4 Å².